The van der Waals surface area contributed by atoms with Gasteiger partial charge in [0.15, 0.2) is 0 Å². The molecule has 0 saturated carbocycles. The van der Waals surface area contributed by atoms with Gasteiger partial charge in [0.1, 0.15) is 11.6 Å². The van der Waals surface area contributed by atoms with Crippen LogP contribution in [0.1, 0.15) is 31.9 Å². The molecule has 0 aliphatic heterocycles. The maximum Gasteiger partial charge on any atom is 0.142 e. The molecule has 0 spiro atoms. The highest BCUT2D eigenvalue weighted by Gasteiger charge is 2.19. The third kappa shape index (κ3) is 2.89. The summed E-state index contributed by atoms with van der Waals surface area (Å²) in [5.41, 5.74) is 5.85. The molecule has 2 N–H and O–H groups in total. The van der Waals surface area contributed by atoms with Gasteiger partial charge >= 0.3 is 0 Å². The maximum atomic E-state index is 13.4. The number of halogens is 3. The molecule has 84 valence electrons. The van der Waals surface area contributed by atoms with Crippen LogP contribution in [0.25, 0.3) is 0 Å². The van der Waals surface area contributed by atoms with Gasteiger partial charge in [0.2, 0.25) is 0 Å². The van der Waals surface area contributed by atoms with Crippen LogP contribution in [-0.4, -0.2) is 0 Å². The summed E-state index contributed by atoms with van der Waals surface area (Å²) in [6.07, 6.45) is 0.570. The first-order valence-corrected chi connectivity index (χ1v) is 5.20. The van der Waals surface area contributed by atoms with E-state index in [1.54, 1.807) is 0 Å². The molecule has 0 aliphatic rings. The zero-order valence-corrected chi connectivity index (χ0v) is 9.48. The summed E-state index contributed by atoms with van der Waals surface area (Å²) in [5.74, 6) is -0.874. The molecule has 1 aromatic rings. The standard InChI is InChI=1S/C11H14ClF2N/c1-6(2)5-9(15)10-7(13)3-4-8(14)11(10)12/h3-4,6,9H,5,15H2,1-2H3/t9-/m0/s1. The first kappa shape index (κ1) is 12.4. The van der Waals surface area contributed by atoms with Gasteiger partial charge in [-0.25, -0.2) is 8.78 Å². The molecular weight excluding hydrogens is 220 g/mol. The van der Waals surface area contributed by atoms with Crippen LogP contribution in [0.2, 0.25) is 5.02 Å². The summed E-state index contributed by atoms with van der Waals surface area (Å²) < 4.78 is 26.5. The predicted octanol–water partition coefficient (Wildman–Crippen LogP) is 3.66. The van der Waals surface area contributed by atoms with Crippen molar-refractivity contribution in [1.29, 1.82) is 0 Å². The van der Waals surface area contributed by atoms with Gasteiger partial charge in [-0.05, 0) is 24.5 Å². The number of benzene rings is 1. The lowest BCUT2D eigenvalue weighted by Gasteiger charge is -2.16. The van der Waals surface area contributed by atoms with E-state index in [0.29, 0.717) is 12.3 Å². The van der Waals surface area contributed by atoms with Gasteiger partial charge in [0, 0.05) is 11.6 Å². The van der Waals surface area contributed by atoms with Gasteiger partial charge < -0.3 is 5.73 Å². The van der Waals surface area contributed by atoms with Crippen LogP contribution in [0.3, 0.4) is 0 Å². The molecule has 0 fully saturated rings. The quantitative estimate of drug-likeness (QED) is 0.793. The highest BCUT2D eigenvalue weighted by Crippen LogP contribution is 2.30. The number of nitrogens with two attached hydrogens (primary N) is 1. The van der Waals surface area contributed by atoms with E-state index in [1.807, 2.05) is 13.8 Å². The highest BCUT2D eigenvalue weighted by atomic mass is 35.5. The summed E-state index contributed by atoms with van der Waals surface area (Å²) in [5, 5.41) is -0.205. The molecule has 1 atom stereocenters. The first-order valence-electron chi connectivity index (χ1n) is 4.82. The molecule has 1 nitrogen and oxygen atoms in total. The molecule has 0 unspecified atom stereocenters. The smallest absolute Gasteiger partial charge is 0.142 e. The minimum absolute atomic E-state index is 0.0744. The highest BCUT2D eigenvalue weighted by molar-refractivity contribution is 6.31. The Labute approximate surface area is 93.2 Å². The minimum atomic E-state index is -0.632. The number of hydrogen-bond acceptors (Lipinski definition) is 1. The Hall–Kier alpha value is -0.670. The lowest BCUT2D eigenvalue weighted by Crippen LogP contribution is -2.15. The van der Waals surface area contributed by atoms with Crippen molar-refractivity contribution in [2.24, 2.45) is 11.7 Å². The molecule has 0 bridgehead atoms. The molecular formula is C11H14ClF2N. The van der Waals surface area contributed by atoms with Crippen LogP contribution in [0.4, 0.5) is 8.78 Å². The molecule has 0 radical (unpaired) electrons. The Morgan fingerprint density at radius 3 is 2.33 bits per heavy atom. The fraction of sp³-hybridized carbons (Fsp3) is 0.455. The Morgan fingerprint density at radius 1 is 1.27 bits per heavy atom. The molecule has 1 rings (SSSR count). The third-order valence-corrected chi connectivity index (χ3v) is 2.56. The van der Waals surface area contributed by atoms with Gasteiger partial charge in [-0.15, -0.1) is 0 Å². The van der Waals surface area contributed by atoms with Crippen molar-refractivity contribution < 1.29 is 8.78 Å². The number of hydrogen-bond donors (Lipinski definition) is 1. The van der Waals surface area contributed by atoms with Crippen molar-refractivity contribution in [1.82, 2.24) is 0 Å². The molecule has 0 saturated heterocycles. The monoisotopic (exact) mass is 233 g/mol. The molecule has 0 heterocycles. The average molecular weight is 234 g/mol. The predicted molar refractivity (Wildman–Crippen MR) is 57.8 cm³/mol. The Morgan fingerprint density at radius 2 is 1.80 bits per heavy atom. The van der Waals surface area contributed by atoms with Crippen molar-refractivity contribution in [3.05, 3.63) is 34.4 Å². The van der Waals surface area contributed by atoms with Crippen LogP contribution < -0.4 is 5.73 Å². The van der Waals surface area contributed by atoms with Crippen LogP contribution >= 0.6 is 11.6 Å². The zero-order valence-electron chi connectivity index (χ0n) is 8.73. The van der Waals surface area contributed by atoms with Gasteiger partial charge in [-0.1, -0.05) is 25.4 Å². The maximum absolute atomic E-state index is 13.4. The second kappa shape index (κ2) is 4.90. The summed E-state index contributed by atoms with van der Waals surface area (Å²) in [6, 6.07) is 1.49. The topological polar surface area (TPSA) is 26.0 Å². The zero-order chi connectivity index (χ0) is 11.6. The molecule has 0 amide bonds. The Bertz CT molecular complexity index is 353. The van der Waals surface area contributed by atoms with Gasteiger partial charge in [-0.3, -0.25) is 0 Å². The lowest BCUT2D eigenvalue weighted by atomic mass is 9.97. The molecule has 0 aliphatic carbocycles. The van der Waals surface area contributed by atoms with Crippen molar-refractivity contribution in [2.45, 2.75) is 26.3 Å². The van der Waals surface area contributed by atoms with E-state index in [4.69, 9.17) is 17.3 Å². The van der Waals surface area contributed by atoms with E-state index >= 15 is 0 Å². The van der Waals surface area contributed by atoms with E-state index in [9.17, 15) is 8.78 Å². The van der Waals surface area contributed by atoms with E-state index in [0.717, 1.165) is 12.1 Å². The molecule has 15 heavy (non-hydrogen) atoms. The molecule has 0 aromatic heterocycles. The van der Waals surface area contributed by atoms with Gasteiger partial charge in [0.25, 0.3) is 0 Å². The van der Waals surface area contributed by atoms with Crippen molar-refractivity contribution in [3.8, 4) is 0 Å². The molecule has 4 heteroatoms. The first-order chi connectivity index (χ1) is 6.93. The van der Waals surface area contributed by atoms with E-state index < -0.39 is 17.7 Å². The van der Waals surface area contributed by atoms with E-state index in [1.165, 1.54) is 0 Å². The normalized spacial score (nSPS) is 13.3. The lowest BCUT2D eigenvalue weighted by molar-refractivity contribution is 0.484. The largest absolute Gasteiger partial charge is 0.324 e. The van der Waals surface area contributed by atoms with Crippen LogP contribution in [0.5, 0.6) is 0 Å². The summed E-state index contributed by atoms with van der Waals surface area (Å²) in [6.45, 7) is 3.93. The van der Waals surface area contributed by atoms with E-state index in [2.05, 4.69) is 0 Å². The minimum Gasteiger partial charge on any atom is -0.324 e. The van der Waals surface area contributed by atoms with Gasteiger partial charge in [-0.2, -0.15) is 0 Å². The van der Waals surface area contributed by atoms with E-state index in [-0.39, 0.29) is 10.6 Å². The van der Waals surface area contributed by atoms with Crippen molar-refractivity contribution >= 4 is 11.6 Å². The fourth-order valence-corrected chi connectivity index (χ4v) is 1.80. The summed E-state index contributed by atoms with van der Waals surface area (Å²) in [7, 11) is 0. The molecule has 1 aromatic carbocycles. The second-order valence-corrected chi connectivity index (χ2v) is 4.37. The third-order valence-electron chi connectivity index (χ3n) is 2.18. The fourth-order valence-electron chi connectivity index (χ4n) is 1.51. The van der Waals surface area contributed by atoms with Crippen LogP contribution in [0.15, 0.2) is 12.1 Å². The van der Waals surface area contributed by atoms with Crippen molar-refractivity contribution in [2.75, 3.05) is 0 Å². The Balaban J connectivity index is 3.07. The summed E-state index contributed by atoms with van der Waals surface area (Å²) >= 11 is 5.68. The second-order valence-electron chi connectivity index (χ2n) is 3.99. The SMILES string of the molecule is CC(C)C[C@H](N)c1c(F)ccc(F)c1Cl. The van der Waals surface area contributed by atoms with Crippen molar-refractivity contribution in [3.63, 3.8) is 0 Å². The van der Waals surface area contributed by atoms with Gasteiger partial charge in [0.05, 0.1) is 5.02 Å². The summed E-state index contributed by atoms with van der Waals surface area (Å²) in [4.78, 5) is 0. The average Bonchev–Trinajstić information content (AvgIpc) is 2.11. The Kier molecular flexibility index (Phi) is 4.05. The van der Waals surface area contributed by atoms with Crippen LogP contribution in [-0.2, 0) is 0 Å². The number of rotatable bonds is 3. The van der Waals surface area contributed by atoms with Crippen LogP contribution in [0, 0.1) is 17.6 Å².